The van der Waals surface area contributed by atoms with Crippen molar-refractivity contribution in [1.82, 2.24) is 5.32 Å². The van der Waals surface area contributed by atoms with Gasteiger partial charge in [0.05, 0.1) is 6.61 Å². The molecule has 0 bridgehead atoms. The average Bonchev–Trinajstić information content (AvgIpc) is 2.27. The van der Waals surface area contributed by atoms with Gasteiger partial charge >= 0.3 is 0 Å². The molecule has 1 N–H and O–H groups in total. The van der Waals surface area contributed by atoms with Crippen LogP contribution in [0.5, 0.6) is 5.75 Å². The monoisotopic (exact) mass is 221 g/mol. The Labute approximate surface area is 99.0 Å². The fourth-order valence-corrected chi connectivity index (χ4v) is 1.56. The second-order valence-electron chi connectivity index (χ2n) is 4.56. The van der Waals surface area contributed by atoms with Crippen LogP contribution in [0.2, 0.25) is 0 Å². The van der Waals surface area contributed by atoms with E-state index in [2.05, 4.69) is 51.2 Å². The van der Waals surface area contributed by atoms with Crippen LogP contribution in [0.3, 0.4) is 0 Å². The van der Waals surface area contributed by atoms with Crippen molar-refractivity contribution < 1.29 is 4.74 Å². The number of nitrogens with one attached hydrogen (secondary N) is 1. The molecule has 1 aromatic carbocycles. The first-order valence-electron chi connectivity index (χ1n) is 6.09. The van der Waals surface area contributed by atoms with Gasteiger partial charge in [0.2, 0.25) is 0 Å². The second kappa shape index (κ2) is 6.54. The Balaban J connectivity index is 2.63. The largest absolute Gasteiger partial charge is 0.493 e. The molecule has 0 unspecified atom stereocenters. The van der Waals surface area contributed by atoms with Crippen molar-refractivity contribution in [3.63, 3.8) is 0 Å². The molecule has 0 fully saturated rings. The number of hydrogen-bond donors (Lipinski definition) is 1. The molecular formula is C14H23NO. The fourth-order valence-electron chi connectivity index (χ4n) is 1.56. The summed E-state index contributed by atoms with van der Waals surface area (Å²) in [5.41, 5.74) is 1.28. The zero-order valence-electron chi connectivity index (χ0n) is 10.8. The molecule has 0 aliphatic rings. The summed E-state index contributed by atoms with van der Waals surface area (Å²) in [7, 11) is 0. The van der Waals surface area contributed by atoms with Gasteiger partial charge in [-0.3, -0.25) is 0 Å². The summed E-state index contributed by atoms with van der Waals surface area (Å²) < 4.78 is 5.71. The van der Waals surface area contributed by atoms with Gasteiger partial charge in [-0.25, -0.2) is 0 Å². The Morgan fingerprint density at radius 3 is 2.62 bits per heavy atom. The van der Waals surface area contributed by atoms with Gasteiger partial charge in [0.1, 0.15) is 5.75 Å². The Morgan fingerprint density at radius 1 is 1.25 bits per heavy atom. The molecule has 0 amide bonds. The van der Waals surface area contributed by atoms with Gasteiger partial charge in [-0.1, -0.05) is 32.9 Å². The second-order valence-corrected chi connectivity index (χ2v) is 4.56. The van der Waals surface area contributed by atoms with E-state index in [0.717, 1.165) is 18.9 Å². The average molecular weight is 221 g/mol. The van der Waals surface area contributed by atoms with Crippen LogP contribution in [-0.4, -0.2) is 13.2 Å². The highest BCUT2D eigenvalue weighted by molar-refractivity contribution is 5.30. The normalized spacial score (nSPS) is 12.8. The maximum absolute atomic E-state index is 5.71. The highest BCUT2D eigenvalue weighted by Crippen LogP contribution is 2.19. The smallest absolute Gasteiger partial charge is 0.119 e. The van der Waals surface area contributed by atoms with Crippen LogP contribution >= 0.6 is 0 Å². The van der Waals surface area contributed by atoms with Gasteiger partial charge < -0.3 is 10.1 Å². The van der Waals surface area contributed by atoms with E-state index in [0.29, 0.717) is 12.0 Å². The third-order valence-electron chi connectivity index (χ3n) is 2.45. The van der Waals surface area contributed by atoms with Gasteiger partial charge in [0.25, 0.3) is 0 Å². The van der Waals surface area contributed by atoms with E-state index in [-0.39, 0.29) is 0 Å². The first kappa shape index (κ1) is 13.0. The number of hydrogen-bond acceptors (Lipinski definition) is 2. The van der Waals surface area contributed by atoms with E-state index in [4.69, 9.17) is 4.74 Å². The number of ether oxygens (including phenoxy) is 1. The van der Waals surface area contributed by atoms with Crippen molar-refractivity contribution in [1.29, 1.82) is 0 Å². The van der Waals surface area contributed by atoms with Crippen molar-refractivity contribution in [3.8, 4) is 5.75 Å². The lowest BCUT2D eigenvalue weighted by Crippen LogP contribution is -2.17. The Kier molecular flexibility index (Phi) is 5.33. The van der Waals surface area contributed by atoms with Gasteiger partial charge in [0, 0.05) is 6.04 Å². The summed E-state index contributed by atoms with van der Waals surface area (Å²) in [5, 5.41) is 3.40. The van der Waals surface area contributed by atoms with Gasteiger partial charge in [-0.15, -0.1) is 0 Å². The first-order valence-corrected chi connectivity index (χ1v) is 6.09. The van der Waals surface area contributed by atoms with Gasteiger partial charge in [-0.05, 0) is 37.1 Å². The van der Waals surface area contributed by atoms with Crippen LogP contribution in [0.4, 0.5) is 0 Å². The van der Waals surface area contributed by atoms with Crippen molar-refractivity contribution >= 4 is 0 Å². The van der Waals surface area contributed by atoms with E-state index in [1.807, 2.05) is 6.07 Å². The maximum atomic E-state index is 5.71. The molecule has 0 saturated carbocycles. The lowest BCUT2D eigenvalue weighted by Gasteiger charge is -2.15. The topological polar surface area (TPSA) is 21.3 Å². The predicted octanol–water partition coefficient (Wildman–Crippen LogP) is 3.39. The molecule has 0 spiro atoms. The van der Waals surface area contributed by atoms with Gasteiger partial charge in [0.15, 0.2) is 0 Å². The SMILES string of the molecule is CCN[C@@H](C)c1cccc(OCC(C)C)c1. The first-order chi connectivity index (χ1) is 7.63. The lowest BCUT2D eigenvalue weighted by atomic mass is 10.1. The molecule has 1 atom stereocenters. The molecule has 0 saturated heterocycles. The molecule has 2 heteroatoms. The molecule has 90 valence electrons. The Bertz CT molecular complexity index is 309. The summed E-state index contributed by atoms with van der Waals surface area (Å²) in [4.78, 5) is 0. The summed E-state index contributed by atoms with van der Waals surface area (Å²) in [6, 6.07) is 8.71. The fraction of sp³-hybridized carbons (Fsp3) is 0.571. The maximum Gasteiger partial charge on any atom is 0.119 e. The number of rotatable bonds is 6. The zero-order chi connectivity index (χ0) is 12.0. The molecule has 0 radical (unpaired) electrons. The summed E-state index contributed by atoms with van der Waals surface area (Å²) >= 11 is 0. The molecule has 16 heavy (non-hydrogen) atoms. The molecule has 1 aromatic rings. The molecule has 1 rings (SSSR count). The van der Waals surface area contributed by atoms with Crippen molar-refractivity contribution in [2.75, 3.05) is 13.2 Å². The Hall–Kier alpha value is -1.02. The highest BCUT2D eigenvalue weighted by Gasteiger charge is 2.05. The summed E-state index contributed by atoms with van der Waals surface area (Å²) in [5.74, 6) is 1.53. The molecule has 2 nitrogen and oxygen atoms in total. The molecular weight excluding hydrogens is 198 g/mol. The zero-order valence-corrected chi connectivity index (χ0v) is 10.8. The highest BCUT2D eigenvalue weighted by atomic mass is 16.5. The quantitative estimate of drug-likeness (QED) is 0.795. The van der Waals surface area contributed by atoms with Crippen LogP contribution < -0.4 is 10.1 Å². The predicted molar refractivity (Wildman–Crippen MR) is 68.9 cm³/mol. The molecule has 0 aromatic heterocycles. The third-order valence-corrected chi connectivity index (χ3v) is 2.45. The van der Waals surface area contributed by atoms with Crippen molar-refractivity contribution in [2.24, 2.45) is 5.92 Å². The summed E-state index contributed by atoms with van der Waals surface area (Å²) in [6.45, 7) is 10.4. The van der Waals surface area contributed by atoms with E-state index in [9.17, 15) is 0 Å². The third kappa shape index (κ3) is 4.23. The minimum absolute atomic E-state index is 0.382. The lowest BCUT2D eigenvalue weighted by molar-refractivity contribution is 0.270. The standard InChI is InChI=1S/C14H23NO/c1-5-15-12(4)13-7-6-8-14(9-13)16-10-11(2)3/h6-9,11-12,15H,5,10H2,1-4H3/t12-/m0/s1. The van der Waals surface area contributed by atoms with Crippen LogP contribution in [0, 0.1) is 5.92 Å². The van der Waals surface area contributed by atoms with Crippen molar-refractivity contribution in [2.45, 2.75) is 33.7 Å². The Morgan fingerprint density at radius 2 is 2.00 bits per heavy atom. The van der Waals surface area contributed by atoms with E-state index < -0.39 is 0 Å². The summed E-state index contributed by atoms with van der Waals surface area (Å²) in [6.07, 6.45) is 0. The number of benzene rings is 1. The van der Waals surface area contributed by atoms with Crippen LogP contribution in [0.25, 0.3) is 0 Å². The van der Waals surface area contributed by atoms with Crippen LogP contribution in [-0.2, 0) is 0 Å². The van der Waals surface area contributed by atoms with E-state index in [1.54, 1.807) is 0 Å². The van der Waals surface area contributed by atoms with Crippen molar-refractivity contribution in [3.05, 3.63) is 29.8 Å². The van der Waals surface area contributed by atoms with E-state index >= 15 is 0 Å². The van der Waals surface area contributed by atoms with Crippen LogP contribution in [0.1, 0.15) is 39.3 Å². The minimum atomic E-state index is 0.382. The minimum Gasteiger partial charge on any atom is -0.493 e. The van der Waals surface area contributed by atoms with Gasteiger partial charge in [-0.2, -0.15) is 0 Å². The molecule has 0 heterocycles. The molecule has 0 aliphatic carbocycles. The van der Waals surface area contributed by atoms with Crippen LogP contribution in [0.15, 0.2) is 24.3 Å². The molecule has 0 aliphatic heterocycles. The van der Waals surface area contributed by atoms with E-state index in [1.165, 1.54) is 5.56 Å².